The van der Waals surface area contributed by atoms with Crippen molar-refractivity contribution in [3.05, 3.63) is 62.7 Å². The van der Waals surface area contributed by atoms with E-state index in [2.05, 4.69) is 15.3 Å². The van der Waals surface area contributed by atoms with Crippen molar-refractivity contribution in [3.63, 3.8) is 0 Å². The van der Waals surface area contributed by atoms with Crippen LogP contribution >= 0.6 is 46.1 Å². The Balaban J connectivity index is 1.64. The van der Waals surface area contributed by atoms with Gasteiger partial charge in [0.25, 0.3) is 5.91 Å². The van der Waals surface area contributed by atoms with Crippen LogP contribution < -0.4 is 5.32 Å². The molecule has 0 radical (unpaired) electrons. The standard InChI is InChI=1S/C18H12Cl3N3O3S/c1-9(27-17(26)15-14(21)13(20)11(19)7-22-15)16(25)24-18-23-12(8-28-18)10-5-3-2-4-6-10/h2-9H,1H3,(H,23,24,25)/t9-/m0/s1. The van der Waals surface area contributed by atoms with Gasteiger partial charge in [-0.1, -0.05) is 65.1 Å². The van der Waals surface area contributed by atoms with Gasteiger partial charge < -0.3 is 4.74 Å². The third kappa shape index (κ3) is 4.62. The van der Waals surface area contributed by atoms with Crippen LogP contribution in [0.1, 0.15) is 17.4 Å². The Bertz CT molecular complexity index is 1030. The predicted molar refractivity (Wildman–Crippen MR) is 110 cm³/mol. The van der Waals surface area contributed by atoms with Gasteiger partial charge in [-0.2, -0.15) is 0 Å². The van der Waals surface area contributed by atoms with Crippen LogP contribution in [0.2, 0.25) is 15.1 Å². The maximum absolute atomic E-state index is 12.3. The number of hydrogen-bond acceptors (Lipinski definition) is 6. The molecule has 0 aliphatic rings. The third-order valence-corrected chi connectivity index (χ3v) is 5.57. The fraction of sp³-hybridized carbons (Fsp3) is 0.111. The van der Waals surface area contributed by atoms with E-state index in [0.717, 1.165) is 11.3 Å². The molecule has 28 heavy (non-hydrogen) atoms. The van der Waals surface area contributed by atoms with E-state index in [-0.39, 0.29) is 20.8 Å². The van der Waals surface area contributed by atoms with Gasteiger partial charge in [-0.25, -0.2) is 14.8 Å². The van der Waals surface area contributed by atoms with E-state index in [9.17, 15) is 9.59 Å². The highest BCUT2D eigenvalue weighted by Gasteiger charge is 2.24. The van der Waals surface area contributed by atoms with Crippen LogP contribution in [0, 0.1) is 0 Å². The van der Waals surface area contributed by atoms with E-state index in [1.165, 1.54) is 24.5 Å². The van der Waals surface area contributed by atoms with Gasteiger partial charge in [0.05, 0.1) is 20.8 Å². The first-order chi connectivity index (χ1) is 13.4. The number of anilines is 1. The molecule has 3 rings (SSSR count). The summed E-state index contributed by atoms with van der Waals surface area (Å²) in [6.07, 6.45) is 0.0708. The Kier molecular flexibility index (Phi) is 6.51. The van der Waals surface area contributed by atoms with Crippen LogP contribution in [-0.4, -0.2) is 27.9 Å². The second kappa shape index (κ2) is 8.87. The van der Waals surface area contributed by atoms with Crippen LogP contribution in [0.15, 0.2) is 41.9 Å². The van der Waals surface area contributed by atoms with E-state index in [1.54, 1.807) is 0 Å². The lowest BCUT2D eigenvalue weighted by Gasteiger charge is -2.13. The highest BCUT2D eigenvalue weighted by molar-refractivity contribution is 7.14. The fourth-order valence-electron chi connectivity index (χ4n) is 2.14. The topological polar surface area (TPSA) is 81.2 Å². The number of benzene rings is 1. The number of rotatable bonds is 5. The number of hydrogen-bond donors (Lipinski definition) is 1. The molecule has 1 N–H and O–H groups in total. The zero-order chi connectivity index (χ0) is 20.3. The van der Waals surface area contributed by atoms with Gasteiger partial charge in [0.1, 0.15) is 0 Å². The Morgan fingerprint density at radius 1 is 1.14 bits per heavy atom. The number of thiazole rings is 1. The first kappa shape index (κ1) is 20.5. The molecule has 6 nitrogen and oxygen atoms in total. The van der Waals surface area contributed by atoms with Crippen LogP contribution in [0.5, 0.6) is 0 Å². The van der Waals surface area contributed by atoms with E-state index in [1.807, 2.05) is 35.7 Å². The van der Waals surface area contributed by atoms with Crippen molar-refractivity contribution in [3.8, 4) is 11.3 Å². The van der Waals surface area contributed by atoms with Crippen LogP contribution in [0.3, 0.4) is 0 Å². The lowest BCUT2D eigenvalue weighted by atomic mass is 10.2. The van der Waals surface area contributed by atoms with Crippen molar-refractivity contribution in [1.29, 1.82) is 0 Å². The summed E-state index contributed by atoms with van der Waals surface area (Å²) in [4.78, 5) is 32.7. The smallest absolute Gasteiger partial charge is 0.359 e. The second-order valence-corrected chi connectivity index (χ2v) is 7.54. The molecule has 0 fully saturated rings. The molecule has 1 atom stereocenters. The molecule has 0 unspecified atom stereocenters. The molecule has 2 heterocycles. The number of esters is 1. The van der Waals surface area contributed by atoms with Gasteiger partial charge in [-0.15, -0.1) is 11.3 Å². The lowest BCUT2D eigenvalue weighted by Crippen LogP contribution is -2.30. The van der Waals surface area contributed by atoms with Gasteiger partial charge in [0.15, 0.2) is 16.9 Å². The normalized spacial score (nSPS) is 11.7. The maximum atomic E-state index is 12.3. The molecule has 0 saturated heterocycles. The minimum atomic E-state index is -1.11. The molecule has 0 bridgehead atoms. The molecule has 2 aromatic heterocycles. The molecule has 10 heteroatoms. The first-order valence-corrected chi connectivity index (χ1v) is 9.90. The second-order valence-electron chi connectivity index (χ2n) is 5.52. The van der Waals surface area contributed by atoms with Gasteiger partial charge in [0.2, 0.25) is 0 Å². The SMILES string of the molecule is C[C@H](OC(=O)c1ncc(Cl)c(Cl)c1Cl)C(=O)Nc1nc(-c2ccccc2)cs1. The average Bonchev–Trinajstić information content (AvgIpc) is 3.15. The molecular formula is C18H12Cl3N3O3S. The van der Waals surface area contributed by atoms with Crippen molar-refractivity contribution in [2.24, 2.45) is 0 Å². The summed E-state index contributed by atoms with van der Waals surface area (Å²) in [6.45, 7) is 1.42. The highest BCUT2D eigenvalue weighted by Crippen LogP contribution is 2.31. The minimum Gasteiger partial charge on any atom is -0.448 e. The summed E-state index contributed by atoms with van der Waals surface area (Å²) < 4.78 is 5.11. The Hall–Kier alpha value is -2.19. The summed E-state index contributed by atoms with van der Waals surface area (Å²) in [6, 6.07) is 9.54. The average molecular weight is 457 g/mol. The van der Waals surface area contributed by atoms with E-state index in [4.69, 9.17) is 39.5 Å². The summed E-state index contributed by atoms with van der Waals surface area (Å²) in [7, 11) is 0. The molecule has 1 aromatic carbocycles. The number of halogens is 3. The molecular weight excluding hydrogens is 445 g/mol. The van der Waals surface area contributed by atoms with Crippen molar-refractivity contribution in [2.75, 3.05) is 5.32 Å². The molecule has 0 spiro atoms. The molecule has 0 aliphatic heterocycles. The number of aromatic nitrogens is 2. The molecule has 1 amide bonds. The maximum Gasteiger partial charge on any atom is 0.359 e. The Morgan fingerprint density at radius 3 is 2.57 bits per heavy atom. The van der Waals surface area contributed by atoms with Crippen molar-refractivity contribution < 1.29 is 14.3 Å². The summed E-state index contributed by atoms with van der Waals surface area (Å²) in [5.74, 6) is -1.44. The van der Waals surface area contributed by atoms with Crippen molar-refractivity contribution >= 4 is 63.1 Å². The number of pyridine rings is 1. The Morgan fingerprint density at radius 2 is 1.86 bits per heavy atom. The van der Waals surface area contributed by atoms with E-state index in [0.29, 0.717) is 5.13 Å². The number of carbonyl (C=O) groups excluding carboxylic acids is 2. The minimum absolute atomic E-state index is 0.0152. The zero-order valence-corrected chi connectivity index (χ0v) is 17.4. The van der Waals surface area contributed by atoms with Crippen LogP contribution in [-0.2, 0) is 9.53 Å². The predicted octanol–water partition coefficient (Wildman–Crippen LogP) is 5.35. The lowest BCUT2D eigenvalue weighted by molar-refractivity contribution is -0.123. The van der Waals surface area contributed by atoms with Crippen LogP contribution in [0.4, 0.5) is 5.13 Å². The number of nitrogens with zero attached hydrogens (tertiary/aromatic N) is 2. The number of nitrogens with one attached hydrogen (secondary N) is 1. The summed E-state index contributed by atoms with van der Waals surface area (Å²) >= 11 is 18.9. The monoisotopic (exact) mass is 455 g/mol. The van der Waals surface area contributed by atoms with Gasteiger partial charge in [0, 0.05) is 17.1 Å². The number of carbonyl (C=O) groups is 2. The highest BCUT2D eigenvalue weighted by atomic mass is 35.5. The number of amides is 1. The summed E-state index contributed by atoms with van der Waals surface area (Å²) in [5, 5.41) is 4.77. The van der Waals surface area contributed by atoms with Crippen molar-refractivity contribution in [2.45, 2.75) is 13.0 Å². The van der Waals surface area contributed by atoms with Gasteiger partial charge in [-0.3, -0.25) is 10.1 Å². The van der Waals surface area contributed by atoms with E-state index < -0.39 is 18.0 Å². The fourth-order valence-corrected chi connectivity index (χ4v) is 3.42. The zero-order valence-electron chi connectivity index (χ0n) is 14.3. The van der Waals surface area contributed by atoms with Gasteiger partial charge in [-0.05, 0) is 6.92 Å². The third-order valence-electron chi connectivity index (χ3n) is 3.57. The number of ether oxygens (including phenoxy) is 1. The van der Waals surface area contributed by atoms with Crippen molar-refractivity contribution in [1.82, 2.24) is 9.97 Å². The quantitative estimate of drug-likeness (QED) is 0.523. The molecule has 0 aliphatic carbocycles. The summed E-state index contributed by atoms with van der Waals surface area (Å²) in [5.41, 5.74) is 1.44. The van der Waals surface area contributed by atoms with Crippen LogP contribution in [0.25, 0.3) is 11.3 Å². The van der Waals surface area contributed by atoms with Gasteiger partial charge >= 0.3 is 5.97 Å². The van der Waals surface area contributed by atoms with E-state index >= 15 is 0 Å². The molecule has 144 valence electrons. The molecule has 0 saturated carbocycles. The first-order valence-electron chi connectivity index (χ1n) is 7.89. The molecule has 3 aromatic rings. The Labute approximate surface area is 179 Å². The largest absolute Gasteiger partial charge is 0.448 e.